The lowest BCUT2D eigenvalue weighted by Crippen LogP contribution is -2.44. The molecular weight excluding hydrogens is 408 g/mol. The van der Waals surface area contributed by atoms with E-state index in [4.69, 9.17) is 9.94 Å². The van der Waals surface area contributed by atoms with Crippen LogP contribution in [-0.4, -0.2) is 53.6 Å². The van der Waals surface area contributed by atoms with Crippen molar-refractivity contribution in [3.63, 3.8) is 0 Å². The summed E-state index contributed by atoms with van der Waals surface area (Å²) in [5.41, 5.74) is 4.96. The Morgan fingerprint density at radius 1 is 1.12 bits per heavy atom. The number of fused-ring (bicyclic) bond motifs is 1. The lowest BCUT2D eigenvalue weighted by molar-refractivity contribution is -0.129. The molecule has 3 rings (SSSR count). The first kappa shape index (κ1) is 23.2. The number of carbonyl (C=O) groups excluding carboxylic acids is 2. The molecule has 0 aliphatic rings. The Morgan fingerprint density at radius 3 is 2.53 bits per heavy atom. The van der Waals surface area contributed by atoms with Gasteiger partial charge >= 0.3 is 0 Å². The number of nitrogens with one attached hydrogen (secondary N) is 2. The molecule has 0 spiro atoms. The van der Waals surface area contributed by atoms with Crippen LogP contribution in [0.2, 0.25) is 0 Å². The number of aryl methyl sites for hydroxylation is 1. The molecule has 8 nitrogen and oxygen atoms in total. The standard InChI is InChI=1S/C24H28N4O4/c1-16-12-18(21-6-4-5-7-22(21)25-16)15-32-20-10-8-17(9-11-20)24(30)26-19(14-28(2)3)13-23(29)27-31/h4-12,19,31H,13-15H2,1-3H3,(H,26,30)(H,27,29)/t19-/m1/s1. The number of para-hydroxylation sites is 1. The maximum absolute atomic E-state index is 12.6. The summed E-state index contributed by atoms with van der Waals surface area (Å²) >= 11 is 0. The first-order valence-electron chi connectivity index (χ1n) is 10.3. The lowest BCUT2D eigenvalue weighted by Gasteiger charge is -2.21. The van der Waals surface area contributed by atoms with Crippen LogP contribution >= 0.6 is 0 Å². The summed E-state index contributed by atoms with van der Waals surface area (Å²) in [5.74, 6) is -0.214. The summed E-state index contributed by atoms with van der Waals surface area (Å²) in [6, 6.07) is 16.4. The minimum atomic E-state index is -0.556. The van der Waals surface area contributed by atoms with Gasteiger partial charge in [-0.15, -0.1) is 0 Å². The zero-order valence-electron chi connectivity index (χ0n) is 18.5. The fourth-order valence-corrected chi connectivity index (χ4v) is 3.52. The van der Waals surface area contributed by atoms with Crippen molar-refractivity contribution in [2.24, 2.45) is 0 Å². The van der Waals surface area contributed by atoms with Crippen LogP contribution in [0.15, 0.2) is 54.6 Å². The maximum Gasteiger partial charge on any atom is 0.251 e. The van der Waals surface area contributed by atoms with Crippen LogP contribution in [0.25, 0.3) is 10.9 Å². The van der Waals surface area contributed by atoms with Gasteiger partial charge in [0.2, 0.25) is 5.91 Å². The van der Waals surface area contributed by atoms with Gasteiger partial charge in [0.05, 0.1) is 18.0 Å². The number of amides is 2. The van der Waals surface area contributed by atoms with Crippen LogP contribution in [0.5, 0.6) is 5.75 Å². The van der Waals surface area contributed by atoms with Gasteiger partial charge in [0.25, 0.3) is 5.91 Å². The molecule has 1 atom stereocenters. The quantitative estimate of drug-likeness (QED) is 0.352. The van der Waals surface area contributed by atoms with Gasteiger partial charge in [-0.25, -0.2) is 5.48 Å². The number of nitrogens with zero attached hydrogens (tertiary/aromatic N) is 2. The number of carbonyl (C=O) groups is 2. The summed E-state index contributed by atoms with van der Waals surface area (Å²) in [4.78, 5) is 30.5. The highest BCUT2D eigenvalue weighted by Gasteiger charge is 2.18. The minimum absolute atomic E-state index is 0.0269. The molecule has 0 saturated carbocycles. The predicted molar refractivity (Wildman–Crippen MR) is 122 cm³/mol. The van der Waals surface area contributed by atoms with E-state index in [-0.39, 0.29) is 12.3 Å². The lowest BCUT2D eigenvalue weighted by atomic mass is 10.1. The zero-order chi connectivity index (χ0) is 23.1. The van der Waals surface area contributed by atoms with Gasteiger partial charge in [0, 0.05) is 28.8 Å². The van der Waals surface area contributed by atoms with E-state index in [0.29, 0.717) is 24.5 Å². The minimum Gasteiger partial charge on any atom is -0.489 e. The van der Waals surface area contributed by atoms with Crippen LogP contribution in [0.3, 0.4) is 0 Å². The van der Waals surface area contributed by atoms with Gasteiger partial charge in [0.1, 0.15) is 12.4 Å². The molecule has 1 heterocycles. The Labute approximate surface area is 187 Å². The molecule has 2 aromatic carbocycles. The molecule has 0 aliphatic heterocycles. The first-order chi connectivity index (χ1) is 15.4. The number of aromatic nitrogens is 1. The van der Waals surface area contributed by atoms with E-state index in [1.54, 1.807) is 29.7 Å². The topological polar surface area (TPSA) is 104 Å². The van der Waals surface area contributed by atoms with Crippen molar-refractivity contribution in [2.75, 3.05) is 20.6 Å². The van der Waals surface area contributed by atoms with Gasteiger partial charge in [-0.3, -0.25) is 19.8 Å². The summed E-state index contributed by atoms with van der Waals surface area (Å²) in [7, 11) is 3.69. The van der Waals surface area contributed by atoms with Crippen LogP contribution < -0.4 is 15.5 Å². The highest BCUT2D eigenvalue weighted by molar-refractivity contribution is 5.94. The summed E-state index contributed by atoms with van der Waals surface area (Å²) < 4.78 is 5.94. The number of hydroxylamine groups is 1. The third kappa shape index (κ3) is 6.26. The Balaban J connectivity index is 1.64. The Morgan fingerprint density at radius 2 is 1.84 bits per heavy atom. The van der Waals surface area contributed by atoms with E-state index in [1.165, 1.54) is 0 Å². The van der Waals surface area contributed by atoms with E-state index in [2.05, 4.69) is 10.3 Å². The van der Waals surface area contributed by atoms with Crippen LogP contribution in [-0.2, 0) is 11.4 Å². The molecule has 3 aromatic rings. The summed E-state index contributed by atoms with van der Waals surface area (Å²) in [6.07, 6.45) is -0.0269. The van der Waals surface area contributed by atoms with Crippen molar-refractivity contribution in [2.45, 2.75) is 26.0 Å². The van der Waals surface area contributed by atoms with Crippen molar-refractivity contribution in [1.29, 1.82) is 0 Å². The average Bonchev–Trinajstić information content (AvgIpc) is 2.77. The third-order valence-electron chi connectivity index (χ3n) is 4.92. The predicted octanol–water partition coefficient (Wildman–Crippen LogP) is 2.68. The number of hydrogen-bond acceptors (Lipinski definition) is 6. The molecule has 2 amide bonds. The number of hydrogen-bond donors (Lipinski definition) is 3. The smallest absolute Gasteiger partial charge is 0.251 e. The zero-order valence-corrected chi connectivity index (χ0v) is 18.5. The number of benzene rings is 2. The van der Waals surface area contributed by atoms with Gasteiger partial charge in [-0.1, -0.05) is 18.2 Å². The summed E-state index contributed by atoms with van der Waals surface area (Å²) in [6.45, 7) is 2.80. The van der Waals surface area contributed by atoms with Gasteiger partial charge in [-0.2, -0.15) is 0 Å². The van der Waals surface area contributed by atoms with E-state index in [0.717, 1.165) is 22.2 Å². The van der Waals surface area contributed by atoms with E-state index >= 15 is 0 Å². The number of likely N-dealkylation sites (N-methyl/N-ethyl adjacent to an activating group) is 1. The average molecular weight is 437 g/mol. The van der Waals surface area contributed by atoms with Crippen molar-refractivity contribution in [3.05, 3.63) is 71.4 Å². The second-order valence-electron chi connectivity index (χ2n) is 7.92. The summed E-state index contributed by atoms with van der Waals surface area (Å²) in [5, 5.41) is 12.6. The highest BCUT2D eigenvalue weighted by atomic mass is 16.5. The van der Waals surface area contributed by atoms with E-state index in [9.17, 15) is 9.59 Å². The monoisotopic (exact) mass is 436 g/mol. The van der Waals surface area contributed by atoms with Crippen molar-refractivity contribution < 1.29 is 19.5 Å². The molecule has 0 radical (unpaired) electrons. The fourth-order valence-electron chi connectivity index (χ4n) is 3.52. The molecule has 8 heteroatoms. The van der Waals surface area contributed by atoms with Crippen molar-refractivity contribution in [1.82, 2.24) is 20.7 Å². The van der Waals surface area contributed by atoms with Crippen LogP contribution in [0.4, 0.5) is 0 Å². The molecule has 32 heavy (non-hydrogen) atoms. The SMILES string of the molecule is Cc1cc(COc2ccc(C(=O)N[C@H](CC(=O)NO)CN(C)C)cc2)c2ccccc2n1. The molecule has 0 saturated heterocycles. The van der Waals surface area contributed by atoms with Crippen LogP contribution in [0.1, 0.15) is 28.0 Å². The largest absolute Gasteiger partial charge is 0.489 e. The van der Waals surface area contributed by atoms with E-state index < -0.39 is 11.9 Å². The van der Waals surface area contributed by atoms with Crippen LogP contribution in [0, 0.1) is 6.92 Å². The molecule has 1 aromatic heterocycles. The molecule has 168 valence electrons. The number of ether oxygens (including phenoxy) is 1. The molecule has 3 N–H and O–H groups in total. The Hall–Kier alpha value is -3.49. The van der Waals surface area contributed by atoms with Crippen molar-refractivity contribution in [3.8, 4) is 5.75 Å². The Bertz CT molecular complexity index is 1080. The molecule has 0 fully saturated rings. The van der Waals surface area contributed by atoms with Gasteiger partial charge < -0.3 is 15.0 Å². The Kier molecular flexibility index (Phi) is 7.75. The number of rotatable bonds is 9. The molecule has 0 unspecified atom stereocenters. The fraction of sp³-hybridized carbons (Fsp3) is 0.292. The molecule has 0 bridgehead atoms. The maximum atomic E-state index is 12.6. The second-order valence-corrected chi connectivity index (χ2v) is 7.92. The highest BCUT2D eigenvalue weighted by Crippen LogP contribution is 2.21. The third-order valence-corrected chi connectivity index (χ3v) is 4.92. The van der Waals surface area contributed by atoms with Crippen molar-refractivity contribution >= 4 is 22.7 Å². The number of pyridine rings is 1. The normalized spacial score (nSPS) is 11.9. The second kappa shape index (κ2) is 10.7. The molecule has 0 aliphatic carbocycles. The molecular formula is C24H28N4O4. The van der Waals surface area contributed by atoms with E-state index in [1.807, 2.05) is 56.3 Å². The van der Waals surface area contributed by atoms with Gasteiger partial charge in [0.15, 0.2) is 0 Å². The van der Waals surface area contributed by atoms with Gasteiger partial charge in [-0.05, 0) is 57.4 Å². The first-order valence-corrected chi connectivity index (χ1v) is 10.3.